The van der Waals surface area contributed by atoms with Gasteiger partial charge in [0.25, 0.3) is 0 Å². The molecule has 2 aromatic heterocycles. The number of aromatic amines is 1. The molecule has 0 saturated carbocycles. The van der Waals surface area contributed by atoms with E-state index >= 15 is 0 Å². The van der Waals surface area contributed by atoms with Crippen LogP contribution in [-0.2, 0) is 0 Å². The Labute approximate surface area is 103 Å². The molecule has 5 heteroatoms. The minimum atomic E-state index is -0.979. The topological polar surface area (TPSA) is 70.4 Å². The van der Waals surface area contributed by atoms with E-state index in [0.717, 1.165) is 11.0 Å². The molecule has 92 valence electrons. The van der Waals surface area contributed by atoms with E-state index in [4.69, 9.17) is 5.11 Å². The number of carbonyl (C=O) groups is 1. The van der Waals surface area contributed by atoms with Gasteiger partial charge >= 0.3 is 5.97 Å². The molecule has 0 amide bonds. The van der Waals surface area contributed by atoms with Crippen LogP contribution in [0.1, 0.15) is 35.8 Å². The van der Waals surface area contributed by atoms with E-state index in [2.05, 4.69) is 29.9 Å². The molecule has 0 unspecified atom stereocenters. The van der Waals surface area contributed by atoms with E-state index in [0.29, 0.717) is 11.7 Å². The molecule has 0 bridgehead atoms. The third-order valence-electron chi connectivity index (χ3n) is 3.12. The number of hydrogen-bond acceptors (Lipinski definition) is 2. The van der Waals surface area contributed by atoms with Crippen molar-refractivity contribution in [3.8, 4) is 0 Å². The maximum absolute atomic E-state index is 10.9. The number of imidazole rings is 2. The summed E-state index contributed by atoms with van der Waals surface area (Å²) in [5, 5.41) is 8.92. The zero-order valence-corrected chi connectivity index (χ0v) is 10.1. The van der Waals surface area contributed by atoms with Crippen LogP contribution in [0, 0.1) is 0 Å². The Morgan fingerprint density at radius 2 is 2.22 bits per heavy atom. The molecule has 0 aliphatic heterocycles. The highest BCUT2D eigenvalue weighted by Crippen LogP contribution is 2.22. The van der Waals surface area contributed by atoms with Crippen LogP contribution in [0.4, 0.5) is 0 Å². The number of rotatable bonds is 2. The number of fused-ring (bicyclic) bond motifs is 3. The number of aromatic carboxylic acids is 1. The van der Waals surface area contributed by atoms with E-state index in [9.17, 15) is 4.79 Å². The molecule has 0 radical (unpaired) electrons. The van der Waals surface area contributed by atoms with E-state index in [1.165, 1.54) is 5.56 Å². The zero-order valence-electron chi connectivity index (χ0n) is 10.1. The van der Waals surface area contributed by atoms with Gasteiger partial charge in [-0.25, -0.2) is 9.78 Å². The monoisotopic (exact) mass is 243 g/mol. The Morgan fingerprint density at radius 1 is 1.44 bits per heavy atom. The largest absolute Gasteiger partial charge is 0.477 e. The number of hydrogen-bond donors (Lipinski definition) is 2. The number of carboxylic acids is 1. The summed E-state index contributed by atoms with van der Waals surface area (Å²) in [6.07, 6.45) is 1.56. The van der Waals surface area contributed by atoms with Crippen LogP contribution in [0.15, 0.2) is 24.4 Å². The number of aromatic nitrogens is 3. The van der Waals surface area contributed by atoms with Crippen molar-refractivity contribution < 1.29 is 9.90 Å². The summed E-state index contributed by atoms with van der Waals surface area (Å²) in [4.78, 5) is 18.1. The lowest BCUT2D eigenvalue weighted by molar-refractivity contribution is 0.0691. The molecule has 0 fully saturated rings. The highest BCUT2D eigenvalue weighted by molar-refractivity contribution is 5.88. The Hall–Kier alpha value is -2.30. The fourth-order valence-electron chi connectivity index (χ4n) is 2.08. The minimum Gasteiger partial charge on any atom is -0.477 e. The van der Waals surface area contributed by atoms with Crippen molar-refractivity contribution in [2.45, 2.75) is 19.8 Å². The number of nitrogens with zero attached hydrogens (tertiary/aromatic N) is 2. The smallest absolute Gasteiger partial charge is 0.353 e. The molecule has 5 nitrogen and oxygen atoms in total. The summed E-state index contributed by atoms with van der Waals surface area (Å²) in [5.74, 6) is 0.0276. The van der Waals surface area contributed by atoms with Crippen molar-refractivity contribution in [3.05, 3.63) is 35.7 Å². The van der Waals surface area contributed by atoms with Gasteiger partial charge in [-0.2, -0.15) is 0 Å². The molecule has 1 aromatic carbocycles. The molecule has 0 saturated heterocycles. The van der Waals surface area contributed by atoms with E-state index < -0.39 is 5.97 Å². The first-order valence-electron chi connectivity index (χ1n) is 5.80. The predicted molar refractivity (Wildman–Crippen MR) is 68.1 cm³/mol. The fraction of sp³-hybridized carbons (Fsp3) is 0.231. The van der Waals surface area contributed by atoms with Crippen molar-refractivity contribution in [2.75, 3.05) is 0 Å². The highest BCUT2D eigenvalue weighted by Gasteiger charge is 2.12. The van der Waals surface area contributed by atoms with Gasteiger partial charge in [0.1, 0.15) is 5.69 Å². The van der Waals surface area contributed by atoms with Crippen molar-refractivity contribution in [1.82, 2.24) is 14.4 Å². The average molecular weight is 243 g/mol. The molecule has 3 aromatic rings. The lowest BCUT2D eigenvalue weighted by Crippen LogP contribution is -1.95. The second-order valence-corrected chi connectivity index (χ2v) is 4.68. The summed E-state index contributed by atoms with van der Waals surface area (Å²) < 4.78 is 1.77. The molecule has 0 atom stereocenters. The van der Waals surface area contributed by atoms with Gasteiger partial charge in [-0.1, -0.05) is 19.9 Å². The number of nitrogens with one attached hydrogen (secondary N) is 1. The standard InChI is InChI=1S/C13H13N3O2/c1-7(2)8-3-4-11-9(5-8)14-13-15-10(12(17)18)6-16(11)13/h3-7H,1-2H3,(H,14,15)(H,17,18). The lowest BCUT2D eigenvalue weighted by Gasteiger charge is -2.03. The molecule has 2 N–H and O–H groups in total. The van der Waals surface area contributed by atoms with Gasteiger partial charge < -0.3 is 10.1 Å². The first-order valence-corrected chi connectivity index (χ1v) is 5.80. The van der Waals surface area contributed by atoms with Crippen molar-refractivity contribution in [3.63, 3.8) is 0 Å². The number of benzene rings is 1. The van der Waals surface area contributed by atoms with Crippen LogP contribution in [-0.4, -0.2) is 25.4 Å². The van der Waals surface area contributed by atoms with Crippen LogP contribution < -0.4 is 0 Å². The van der Waals surface area contributed by atoms with Crippen molar-refractivity contribution >= 4 is 22.8 Å². The zero-order chi connectivity index (χ0) is 12.9. The molecular weight excluding hydrogens is 230 g/mol. The van der Waals surface area contributed by atoms with Crippen molar-refractivity contribution in [1.29, 1.82) is 0 Å². The summed E-state index contributed by atoms with van der Waals surface area (Å²) in [5.41, 5.74) is 3.16. The van der Waals surface area contributed by atoms with Crippen molar-refractivity contribution in [2.24, 2.45) is 0 Å². The Morgan fingerprint density at radius 3 is 2.89 bits per heavy atom. The summed E-state index contributed by atoms with van der Waals surface area (Å²) >= 11 is 0. The maximum atomic E-state index is 10.9. The van der Waals surface area contributed by atoms with E-state index in [-0.39, 0.29) is 5.69 Å². The lowest BCUT2D eigenvalue weighted by atomic mass is 10.0. The van der Waals surface area contributed by atoms with Crippen LogP contribution in [0.5, 0.6) is 0 Å². The highest BCUT2D eigenvalue weighted by atomic mass is 16.4. The van der Waals surface area contributed by atoms with Gasteiger partial charge in [0.2, 0.25) is 5.78 Å². The fourth-order valence-corrected chi connectivity index (χ4v) is 2.08. The third-order valence-corrected chi connectivity index (χ3v) is 3.12. The number of carboxylic acid groups (broad SMARTS) is 1. The normalized spacial score (nSPS) is 11.7. The third kappa shape index (κ3) is 1.48. The van der Waals surface area contributed by atoms with Gasteiger partial charge in [0.05, 0.1) is 11.0 Å². The molecule has 18 heavy (non-hydrogen) atoms. The van der Waals surface area contributed by atoms with Gasteiger partial charge in [0, 0.05) is 6.20 Å². The summed E-state index contributed by atoms with van der Waals surface area (Å²) in [6.45, 7) is 4.26. The Kier molecular flexibility index (Phi) is 2.16. The Balaban J connectivity index is 2.26. The maximum Gasteiger partial charge on any atom is 0.353 e. The van der Waals surface area contributed by atoms with Gasteiger partial charge in [-0.05, 0) is 23.6 Å². The van der Waals surface area contributed by atoms with Gasteiger partial charge in [-0.3, -0.25) is 4.40 Å². The van der Waals surface area contributed by atoms with Crippen LogP contribution in [0.25, 0.3) is 16.8 Å². The molecule has 2 heterocycles. The van der Waals surface area contributed by atoms with E-state index in [1.54, 1.807) is 10.6 Å². The molecule has 0 aliphatic rings. The van der Waals surface area contributed by atoms with Crippen LogP contribution in [0.2, 0.25) is 0 Å². The average Bonchev–Trinajstić information content (AvgIpc) is 2.84. The second-order valence-electron chi connectivity index (χ2n) is 4.68. The summed E-state index contributed by atoms with van der Waals surface area (Å²) in [6, 6.07) is 6.07. The number of H-pyrrole nitrogens is 1. The van der Waals surface area contributed by atoms with E-state index in [1.807, 2.05) is 12.1 Å². The SMILES string of the molecule is CC(C)c1ccc2c(c1)nc1[nH]c(C(=O)O)cn12. The summed E-state index contributed by atoms with van der Waals surface area (Å²) in [7, 11) is 0. The first-order chi connectivity index (χ1) is 8.56. The van der Waals surface area contributed by atoms with Crippen LogP contribution in [0.3, 0.4) is 0 Å². The van der Waals surface area contributed by atoms with Gasteiger partial charge in [0.15, 0.2) is 0 Å². The predicted octanol–water partition coefficient (Wildman–Crippen LogP) is 2.64. The molecule has 0 spiro atoms. The second kappa shape index (κ2) is 3.60. The first kappa shape index (κ1) is 10.8. The Bertz CT molecular complexity index is 752. The van der Waals surface area contributed by atoms with Gasteiger partial charge in [-0.15, -0.1) is 0 Å². The quantitative estimate of drug-likeness (QED) is 0.726. The minimum absolute atomic E-state index is 0.146. The molecule has 3 rings (SSSR count). The molecular formula is C13H13N3O2. The molecule has 0 aliphatic carbocycles. The van der Waals surface area contributed by atoms with Crippen LogP contribution >= 0.6 is 0 Å².